The predicted octanol–water partition coefficient (Wildman–Crippen LogP) is 4.94. The second-order valence-electron chi connectivity index (χ2n) is 9.17. The third-order valence-electron chi connectivity index (χ3n) is 7.09. The van der Waals surface area contributed by atoms with Gasteiger partial charge in [-0.25, -0.2) is 0 Å². The number of H-pyrrole nitrogens is 1. The lowest BCUT2D eigenvalue weighted by atomic mass is 10.1. The molecule has 6 rings (SSSR count). The van der Waals surface area contributed by atoms with Gasteiger partial charge < -0.3 is 9.80 Å². The first-order chi connectivity index (χ1) is 16.1. The number of benzene rings is 2. The quantitative estimate of drug-likeness (QED) is 0.366. The topological polar surface area (TPSA) is 68.7 Å². The van der Waals surface area contributed by atoms with E-state index < -0.39 is 0 Å². The fraction of sp³-hybridized carbons (Fsp3) is 0.400. The van der Waals surface area contributed by atoms with E-state index in [0.717, 1.165) is 23.4 Å². The van der Waals surface area contributed by atoms with Gasteiger partial charge in [0, 0.05) is 38.3 Å². The molecule has 33 heavy (non-hydrogen) atoms. The lowest BCUT2D eigenvalue weighted by Crippen LogP contribution is -2.68. The first-order valence-corrected chi connectivity index (χ1v) is 12.1. The van der Waals surface area contributed by atoms with Gasteiger partial charge in [0.2, 0.25) is 0 Å². The second-order valence-corrected chi connectivity index (χ2v) is 9.58. The number of nitrogens with zero attached hydrogens (tertiary/aromatic N) is 5. The molecule has 1 atom stereocenters. The molecule has 8 heteroatoms. The average Bonchev–Trinajstić information content (AvgIpc) is 3.34. The summed E-state index contributed by atoms with van der Waals surface area (Å²) < 4.78 is 1.27. The van der Waals surface area contributed by atoms with Crippen LogP contribution < -0.4 is 5.32 Å². The van der Waals surface area contributed by atoms with E-state index in [1.54, 1.807) is 0 Å². The highest BCUT2D eigenvalue weighted by Crippen LogP contribution is 2.30. The van der Waals surface area contributed by atoms with Gasteiger partial charge in [0.05, 0.1) is 36.9 Å². The molecule has 3 aliphatic rings. The van der Waals surface area contributed by atoms with Crippen LogP contribution in [0.1, 0.15) is 18.5 Å². The van der Waals surface area contributed by atoms with Crippen LogP contribution in [0.5, 0.6) is 0 Å². The maximum Gasteiger partial charge on any atom is 0.196 e. The van der Waals surface area contributed by atoms with Gasteiger partial charge in [0.25, 0.3) is 0 Å². The summed E-state index contributed by atoms with van der Waals surface area (Å²) in [5, 5.41) is 20.1. The summed E-state index contributed by atoms with van der Waals surface area (Å²) in [5.41, 5.74) is 3.76. The molecule has 0 saturated carbocycles. The number of quaternary nitrogens is 1. The Bertz CT molecular complexity index is 1090. The van der Waals surface area contributed by atoms with E-state index in [0.29, 0.717) is 16.5 Å². The van der Waals surface area contributed by atoms with Crippen molar-refractivity contribution >= 4 is 23.1 Å². The van der Waals surface area contributed by atoms with Gasteiger partial charge in [0.15, 0.2) is 5.82 Å². The number of nitrogens with one attached hydrogen (secondary N) is 2. The predicted molar refractivity (Wildman–Crippen MR) is 132 cm³/mol. The summed E-state index contributed by atoms with van der Waals surface area (Å²) in [6.45, 7) is 12.1. The maximum absolute atomic E-state index is 6.53. The standard InChI is InChI=1S/C25H31ClN7/c1-19(27-9-13-33-14-10-32(11-15-33)12-16-33)21-7-8-23(22(26)17-21)28-30-25-18-24(29-31-25)20-5-3-2-4-6-20/h2-8,17-19,27H,9-16H2,1H3,(H,29,31)/q+1. The Morgan fingerprint density at radius 3 is 2.55 bits per heavy atom. The van der Waals surface area contributed by atoms with Gasteiger partial charge in [-0.05, 0) is 30.2 Å². The number of azo groups is 1. The monoisotopic (exact) mass is 464 g/mol. The molecule has 7 nitrogen and oxygen atoms in total. The number of halogens is 1. The highest BCUT2D eigenvalue weighted by Gasteiger charge is 2.37. The smallest absolute Gasteiger partial charge is 0.196 e. The zero-order valence-electron chi connectivity index (χ0n) is 19.0. The molecule has 2 aromatic carbocycles. The minimum Gasteiger partial charge on any atom is -0.319 e. The molecule has 4 heterocycles. The Labute approximate surface area is 200 Å². The zero-order valence-corrected chi connectivity index (χ0v) is 19.8. The molecule has 3 aliphatic heterocycles. The fourth-order valence-electron chi connectivity index (χ4n) is 4.81. The first-order valence-electron chi connectivity index (χ1n) is 11.7. The van der Waals surface area contributed by atoms with Crippen molar-refractivity contribution in [1.29, 1.82) is 0 Å². The highest BCUT2D eigenvalue weighted by atomic mass is 35.5. The van der Waals surface area contributed by atoms with Crippen LogP contribution in [0.2, 0.25) is 5.02 Å². The molecular weight excluding hydrogens is 434 g/mol. The van der Waals surface area contributed by atoms with Gasteiger partial charge in [-0.1, -0.05) is 48.0 Å². The van der Waals surface area contributed by atoms with E-state index in [4.69, 9.17) is 11.6 Å². The molecule has 2 bridgehead atoms. The molecule has 172 valence electrons. The molecule has 0 radical (unpaired) electrons. The SMILES string of the molecule is CC(NCC[N+]12CCN(CC1)CC2)c1ccc(N=Nc2cc(-c3ccccc3)[nH]n2)c(Cl)c1. The van der Waals surface area contributed by atoms with Crippen LogP contribution in [0.4, 0.5) is 11.5 Å². The van der Waals surface area contributed by atoms with E-state index in [9.17, 15) is 0 Å². The molecule has 3 saturated heterocycles. The second kappa shape index (κ2) is 9.73. The van der Waals surface area contributed by atoms with Gasteiger partial charge in [0.1, 0.15) is 5.69 Å². The molecule has 1 unspecified atom stereocenters. The van der Waals surface area contributed by atoms with Crippen LogP contribution in [0.25, 0.3) is 11.3 Å². The summed E-state index contributed by atoms with van der Waals surface area (Å²) in [6, 6.07) is 18.1. The van der Waals surface area contributed by atoms with Crippen molar-refractivity contribution in [2.45, 2.75) is 13.0 Å². The van der Waals surface area contributed by atoms with Crippen LogP contribution in [-0.4, -0.2) is 71.9 Å². The fourth-order valence-corrected chi connectivity index (χ4v) is 5.04. The van der Waals surface area contributed by atoms with Crippen LogP contribution in [0.15, 0.2) is 64.8 Å². The summed E-state index contributed by atoms with van der Waals surface area (Å²) in [7, 11) is 0. The Kier molecular flexibility index (Phi) is 6.55. The van der Waals surface area contributed by atoms with E-state index in [1.807, 2.05) is 48.5 Å². The summed E-state index contributed by atoms with van der Waals surface area (Å²) in [4.78, 5) is 2.59. The normalized spacial score (nSPS) is 23.3. The van der Waals surface area contributed by atoms with Crippen molar-refractivity contribution in [3.63, 3.8) is 0 Å². The van der Waals surface area contributed by atoms with Gasteiger partial charge in [-0.3, -0.25) is 10.00 Å². The van der Waals surface area contributed by atoms with Crippen molar-refractivity contribution in [1.82, 2.24) is 20.4 Å². The van der Waals surface area contributed by atoms with Crippen molar-refractivity contribution in [2.75, 3.05) is 52.4 Å². The molecule has 1 aromatic heterocycles. The Hall–Kier alpha value is -2.58. The average molecular weight is 465 g/mol. The lowest BCUT2D eigenvalue weighted by Gasteiger charge is -2.50. The summed E-state index contributed by atoms with van der Waals surface area (Å²) >= 11 is 6.53. The van der Waals surface area contributed by atoms with Crippen LogP contribution in [0.3, 0.4) is 0 Å². The third-order valence-corrected chi connectivity index (χ3v) is 7.39. The van der Waals surface area contributed by atoms with Crippen molar-refractivity contribution in [3.05, 3.63) is 65.2 Å². The van der Waals surface area contributed by atoms with Crippen LogP contribution in [-0.2, 0) is 0 Å². The van der Waals surface area contributed by atoms with E-state index in [1.165, 1.54) is 50.3 Å². The number of aromatic nitrogens is 2. The number of piperazine rings is 3. The maximum atomic E-state index is 6.53. The van der Waals surface area contributed by atoms with Crippen LogP contribution >= 0.6 is 11.6 Å². The Balaban J connectivity index is 1.17. The van der Waals surface area contributed by atoms with Crippen molar-refractivity contribution in [3.8, 4) is 11.3 Å². The van der Waals surface area contributed by atoms with E-state index in [2.05, 4.69) is 43.6 Å². The Morgan fingerprint density at radius 1 is 1.06 bits per heavy atom. The highest BCUT2D eigenvalue weighted by molar-refractivity contribution is 6.33. The van der Waals surface area contributed by atoms with Crippen molar-refractivity contribution in [2.24, 2.45) is 10.2 Å². The summed E-state index contributed by atoms with van der Waals surface area (Å²) in [6.07, 6.45) is 0. The minimum absolute atomic E-state index is 0.234. The van der Waals surface area contributed by atoms with E-state index >= 15 is 0 Å². The number of fused-ring (bicyclic) bond motifs is 3. The van der Waals surface area contributed by atoms with Gasteiger partial charge >= 0.3 is 0 Å². The molecular formula is C25H31ClN7+. The van der Waals surface area contributed by atoms with Gasteiger partial charge in [-0.15, -0.1) is 10.2 Å². The third kappa shape index (κ3) is 5.17. The molecule has 2 N–H and O–H groups in total. The minimum atomic E-state index is 0.234. The summed E-state index contributed by atoms with van der Waals surface area (Å²) in [5.74, 6) is 0.523. The van der Waals surface area contributed by atoms with E-state index in [-0.39, 0.29) is 6.04 Å². The van der Waals surface area contributed by atoms with Crippen LogP contribution in [0, 0.1) is 0 Å². The van der Waals surface area contributed by atoms with Gasteiger partial charge in [-0.2, -0.15) is 5.10 Å². The largest absolute Gasteiger partial charge is 0.319 e. The molecule has 0 spiro atoms. The zero-order chi connectivity index (χ0) is 22.7. The van der Waals surface area contributed by atoms with Crippen molar-refractivity contribution < 1.29 is 4.48 Å². The number of hydrogen-bond donors (Lipinski definition) is 2. The first kappa shape index (κ1) is 22.2. The Morgan fingerprint density at radius 2 is 1.82 bits per heavy atom. The molecule has 0 aliphatic carbocycles. The molecule has 3 aromatic rings. The number of hydrogen-bond acceptors (Lipinski definition) is 5. The molecule has 3 fully saturated rings. The number of aromatic amines is 1. The molecule has 0 amide bonds. The lowest BCUT2D eigenvalue weighted by molar-refractivity contribution is -0.939. The number of rotatable bonds is 8.